The molecule has 0 bridgehead atoms. The molecule has 0 amide bonds. The van der Waals surface area contributed by atoms with Crippen molar-refractivity contribution in [1.29, 1.82) is 0 Å². The third kappa shape index (κ3) is 4.15. The minimum Gasteiger partial charge on any atom is -0.508 e. The number of aliphatic hydroxyl groups is 1. The Morgan fingerprint density at radius 1 is 1.16 bits per heavy atom. The molecule has 1 aromatic rings. The topological polar surface area (TPSA) is 20.2 Å². The second-order valence-electron chi connectivity index (χ2n) is 4.38. The summed E-state index contributed by atoms with van der Waals surface area (Å²) in [5.41, 5.74) is 3.51. The lowest BCUT2D eigenvalue weighted by Gasteiger charge is -2.06. The molecular weight excluding hydrogens is 256 g/mol. The molecule has 0 atom stereocenters. The fourth-order valence-electron chi connectivity index (χ4n) is 2.00. The lowest BCUT2D eigenvalue weighted by molar-refractivity contribution is 0.431. The summed E-state index contributed by atoms with van der Waals surface area (Å²) in [6, 6.07) is 10.3. The van der Waals surface area contributed by atoms with E-state index in [-0.39, 0.29) is 0 Å². The summed E-state index contributed by atoms with van der Waals surface area (Å²) in [6.45, 7) is 0. The van der Waals surface area contributed by atoms with Gasteiger partial charge in [-0.25, -0.2) is 0 Å². The smallest absolute Gasteiger partial charge is 0.111 e. The van der Waals surface area contributed by atoms with Crippen LogP contribution in [0.1, 0.15) is 18.4 Å². The number of hydrogen-bond acceptors (Lipinski definition) is 1. The van der Waals surface area contributed by atoms with E-state index in [4.69, 9.17) is 11.6 Å². The third-order valence-electron chi connectivity index (χ3n) is 2.98. The van der Waals surface area contributed by atoms with Gasteiger partial charge in [0.05, 0.1) is 0 Å². The standard InChI is InChI=1S/C17H17ClO/c18-12-11-16(15-6-2-1-3-7-15)13-14-5-4-8-17(19)10-9-14/h1-3,5-10,13,19H,4,11-12H2/b16-13-. The number of allylic oxidation sites excluding steroid dienone is 7. The van der Waals surface area contributed by atoms with Crippen LogP contribution in [0.25, 0.3) is 5.57 Å². The summed E-state index contributed by atoms with van der Waals surface area (Å²) >= 11 is 5.89. The molecule has 1 nitrogen and oxygen atoms in total. The van der Waals surface area contributed by atoms with E-state index in [1.165, 1.54) is 11.1 Å². The van der Waals surface area contributed by atoms with E-state index >= 15 is 0 Å². The SMILES string of the molecule is OC1=CCC=C(/C=C(/CCCl)c2ccccc2)C=C1. The van der Waals surface area contributed by atoms with Crippen molar-refractivity contribution in [3.63, 3.8) is 0 Å². The van der Waals surface area contributed by atoms with Crippen LogP contribution < -0.4 is 0 Å². The van der Waals surface area contributed by atoms with Gasteiger partial charge in [0, 0.05) is 5.88 Å². The first-order chi connectivity index (χ1) is 9.29. The minimum atomic E-state index is 0.318. The van der Waals surface area contributed by atoms with E-state index in [0.29, 0.717) is 11.6 Å². The average molecular weight is 273 g/mol. The molecule has 1 aliphatic rings. The molecule has 0 aliphatic heterocycles. The molecule has 0 saturated heterocycles. The van der Waals surface area contributed by atoms with Crippen LogP contribution in [0.15, 0.2) is 72.0 Å². The van der Waals surface area contributed by atoms with Crippen molar-refractivity contribution < 1.29 is 5.11 Å². The molecule has 1 aliphatic carbocycles. The quantitative estimate of drug-likeness (QED) is 0.763. The second kappa shape index (κ2) is 7.01. The molecule has 1 N–H and O–H groups in total. The molecule has 0 spiro atoms. The molecular formula is C17H17ClO. The van der Waals surface area contributed by atoms with Gasteiger partial charge in [-0.3, -0.25) is 0 Å². The molecule has 2 heteroatoms. The molecule has 98 valence electrons. The Bertz CT molecular complexity index is 536. The predicted molar refractivity (Wildman–Crippen MR) is 82.3 cm³/mol. The summed E-state index contributed by atoms with van der Waals surface area (Å²) in [5, 5.41) is 9.46. The number of hydrogen-bond donors (Lipinski definition) is 1. The van der Waals surface area contributed by atoms with Crippen molar-refractivity contribution >= 4 is 17.2 Å². The van der Waals surface area contributed by atoms with Gasteiger partial charge in [-0.2, -0.15) is 0 Å². The molecule has 1 aromatic carbocycles. The third-order valence-corrected chi connectivity index (χ3v) is 3.17. The van der Waals surface area contributed by atoms with E-state index in [1.807, 2.05) is 24.3 Å². The Morgan fingerprint density at radius 2 is 1.95 bits per heavy atom. The molecule has 2 rings (SSSR count). The van der Waals surface area contributed by atoms with Gasteiger partial charge in [0.25, 0.3) is 0 Å². The molecule has 0 radical (unpaired) electrons. The van der Waals surface area contributed by atoms with Crippen LogP contribution in [0.5, 0.6) is 0 Å². The number of rotatable bonds is 4. The highest BCUT2D eigenvalue weighted by Crippen LogP contribution is 2.22. The first kappa shape index (κ1) is 13.7. The second-order valence-corrected chi connectivity index (χ2v) is 4.75. The largest absolute Gasteiger partial charge is 0.508 e. The minimum absolute atomic E-state index is 0.318. The van der Waals surface area contributed by atoms with Gasteiger partial charge in [0.15, 0.2) is 0 Å². The van der Waals surface area contributed by atoms with Crippen LogP contribution in [0.4, 0.5) is 0 Å². The normalized spacial score (nSPS) is 15.7. The zero-order valence-electron chi connectivity index (χ0n) is 10.7. The Morgan fingerprint density at radius 3 is 2.68 bits per heavy atom. The van der Waals surface area contributed by atoms with E-state index in [2.05, 4.69) is 24.3 Å². The highest BCUT2D eigenvalue weighted by Gasteiger charge is 2.02. The maximum atomic E-state index is 9.46. The van der Waals surface area contributed by atoms with Gasteiger partial charge >= 0.3 is 0 Å². The van der Waals surface area contributed by atoms with Crippen LogP contribution in [-0.2, 0) is 0 Å². The Balaban J connectivity index is 2.27. The molecule has 0 heterocycles. The van der Waals surface area contributed by atoms with E-state index in [9.17, 15) is 5.11 Å². The average Bonchev–Trinajstić information content (AvgIpc) is 2.64. The molecule has 0 saturated carbocycles. The molecule has 0 unspecified atom stereocenters. The fraction of sp³-hybridized carbons (Fsp3) is 0.176. The van der Waals surface area contributed by atoms with Crippen LogP contribution in [0.3, 0.4) is 0 Å². The van der Waals surface area contributed by atoms with Crippen molar-refractivity contribution in [3.8, 4) is 0 Å². The van der Waals surface area contributed by atoms with Crippen LogP contribution in [0.2, 0.25) is 0 Å². The first-order valence-electron chi connectivity index (χ1n) is 6.39. The van der Waals surface area contributed by atoms with Gasteiger partial charge in [0.1, 0.15) is 5.76 Å². The van der Waals surface area contributed by atoms with Crippen molar-refractivity contribution in [2.24, 2.45) is 0 Å². The Kier molecular flexibility index (Phi) is 5.05. The van der Waals surface area contributed by atoms with Gasteiger partial charge < -0.3 is 5.11 Å². The number of alkyl halides is 1. The van der Waals surface area contributed by atoms with Gasteiger partial charge in [-0.15, -0.1) is 11.6 Å². The lowest BCUT2D eigenvalue weighted by atomic mass is 10.0. The molecule has 0 fully saturated rings. The lowest BCUT2D eigenvalue weighted by Crippen LogP contribution is -1.87. The summed E-state index contributed by atoms with van der Waals surface area (Å²) in [5.74, 6) is 0.916. The van der Waals surface area contributed by atoms with Crippen molar-refractivity contribution in [2.75, 3.05) is 5.88 Å². The zero-order chi connectivity index (χ0) is 13.5. The fourth-order valence-corrected chi connectivity index (χ4v) is 2.20. The number of aliphatic hydroxyl groups excluding tert-OH is 1. The highest BCUT2D eigenvalue weighted by atomic mass is 35.5. The van der Waals surface area contributed by atoms with Gasteiger partial charge in [-0.05, 0) is 41.7 Å². The molecule has 0 aromatic heterocycles. The van der Waals surface area contributed by atoms with Crippen LogP contribution in [-0.4, -0.2) is 11.0 Å². The maximum Gasteiger partial charge on any atom is 0.111 e. The van der Waals surface area contributed by atoms with Crippen molar-refractivity contribution in [2.45, 2.75) is 12.8 Å². The summed E-state index contributed by atoms with van der Waals surface area (Å²) in [7, 11) is 0. The van der Waals surface area contributed by atoms with Crippen LogP contribution >= 0.6 is 11.6 Å². The Labute approximate surface area is 119 Å². The number of benzene rings is 1. The van der Waals surface area contributed by atoms with E-state index in [1.54, 1.807) is 12.2 Å². The van der Waals surface area contributed by atoms with Gasteiger partial charge in [0.2, 0.25) is 0 Å². The van der Waals surface area contributed by atoms with Crippen molar-refractivity contribution in [3.05, 3.63) is 77.6 Å². The summed E-state index contributed by atoms with van der Waals surface area (Å²) < 4.78 is 0. The molecule has 19 heavy (non-hydrogen) atoms. The Hall–Kier alpha value is -1.73. The zero-order valence-corrected chi connectivity index (χ0v) is 11.5. The van der Waals surface area contributed by atoms with Crippen LogP contribution in [0, 0.1) is 0 Å². The van der Waals surface area contributed by atoms with E-state index < -0.39 is 0 Å². The monoisotopic (exact) mass is 272 g/mol. The predicted octanol–water partition coefficient (Wildman–Crippen LogP) is 5.03. The number of halogens is 1. The van der Waals surface area contributed by atoms with E-state index in [0.717, 1.165) is 18.4 Å². The van der Waals surface area contributed by atoms with Gasteiger partial charge in [-0.1, -0.05) is 48.6 Å². The summed E-state index contributed by atoms with van der Waals surface area (Å²) in [6.07, 6.45) is 11.2. The maximum absolute atomic E-state index is 9.46. The summed E-state index contributed by atoms with van der Waals surface area (Å²) in [4.78, 5) is 0. The first-order valence-corrected chi connectivity index (χ1v) is 6.92. The highest BCUT2D eigenvalue weighted by molar-refractivity contribution is 6.18. The van der Waals surface area contributed by atoms with Crippen molar-refractivity contribution in [1.82, 2.24) is 0 Å².